The van der Waals surface area contributed by atoms with Crippen molar-refractivity contribution in [2.45, 2.75) is 40.5 Å². The molecule has 0 aromatic rings. The molecule has 0 fully saturated rings. The lowest BCUT2D eigenvalue weighted by molar-refractivity contribution is 0.0599. The molecule has 0 aromatic heterocycles. The highest BCUT2D eigenvalue weighted by Gasteiger charge is 2.00. The fourth-order valence-corrected chi connectivity index (χ4v) is 1.05. The topological polar surface area (TPSA) is 35.5 Å². The molecular formula is C13H22O3. The predicted molar refractivity (Wildman–Crippen MR) is 65.4 cm³/mol. The second-order valence-electron chi connectivity index (χ2n) is 3.85. The predicted octanol–water partition coefficient (Wildman–Crippen LogP) is 3.85. The van der Waals surface area contributed by atoms with Crippen LogP contribution in [0.25, 0.3) is 0 Å². The molecule has 0 aromatic carbocycles. The summed E-state index contributed by atoms with van der Waals surface area (Å²) < 4.78 is 9.51. The van der Waals surface area contributed by atoms with E-state index in [1.165, 1.54) is 11.1 Å². The Morgan fingerprint density at radius 1 is 1.12 bits per heavy atom. The van der Waals surface area contributed by atoms with Gasteiger partial charge in [-0.05, 0) is 34.1 Å². The molecule has 16 heavy (non-hydrogen) atoms. The van der Waals surface area contributed by atoms with Crippen LogP contribution in [0.3, 0.4) is 0 Å². The van der Waals surface area contributed by atoms with Crippen molar-refractivity contribution in [2.24, 2.45) is 0 Å². The van der Waals surface area contributed by atoms with Crippen molar-refractivity contribution in [2.75, 3.05) is 13.2 Å². The molecule has 0 amide bonds. The Labute approximate surface area is 98.1 Å². The third-order valence-corrected chi connectivity index (χ3v) is 1.97. The van der Waals surface area contributed by atoms with Crippen molar-refractivity contribution >= 4 is 6.16 Å². The molecule has 0 heterocycles. The van der Waals surface area contributed by atoms with Crippen LogP contribution in [0.1, 0.15) is 40.5 Å². The molecule has 92 valence electrons. The summed E-state index contributed by atoms with van der Waals surface area (Å²) in [5, 5.41) is 0. The lowest BCUT2D eigenvalue weighted by atomic mass is 10.1. The maximum Gasteiger partial charge on any atom is 0.508 e. The Morgan fingerprint density at radius 3 is 2.38 bits per heavy atom. The first kappa shape index (κ1) is 14.8. The van der Waals surface area contributed by atoms with E-state index in [0.29, 0.717) is 13.2 Å². The molecule has 0 aliphatic rings. The zero-order chi connectivity index (χ0) is 12.4. The number of allylic oxidation sites excluding steroid dienone is 3. The SMILES string of the molecule is CCOC(=O)OCC/C(C)=C/CC=C(C)C. The Bertz CT molecular complexity index is 260. The maximum atomic E-state index is 10.9. The van der Waals surface area contributed by atoms with Gasteiger partial charge in [-0.1, -0.05) is 23.3 Å². The molecule has 0 rings (SSSR count). The quantitative estimate of drug-likeness (QED) is 0.509. The van der Waals surface area contributed by atoms with Gasteiger partial charge in [0.2, 0.25) is 0 Å². The van der Waals surface area contributed by atoms with Crippen LogP contribution in [0.15, 0.2) is 23.3 Å². The van der Waals surface area contributed by atoms with Crippen LogP contribution in [-0.2, 0) is 9.47 Å². The first-order chi connectivity index (χ1) is 7.56. The molecule has 3 heteroatoms. The van der Waals surface area contributed by atoms with Gasteiger partial charge < -0.3 is 9.47 Å². The van der Waals surface area contributed by atoms with Crippen LogP contribution in [-0.4, -0.2) is 19.4 Å². The summed E-state index contributed by atoms with van der Waals surface area (Å²) in [6, 6.07) is 0. The number of hydrogen-bond acceptors (Lipinski definition) is 3. The van der Waals surface area contributed by atoms with Crippen LogP contribution >= 0.6 is 0 Å². The number of hydrogen-bond donors (Lipinski definition) is 0. The summed E-state index contributed by atoms with van der Waals surface area (Å²) in [5.41, 5.74) is 2.54. The molecule has 0 saturated heterocycles. The van der Waals surface area contributed by atoms with E-state index in [9.17, 15) is 4.79 Å². The van der Waals surface area contributed by atoms with Gasteiger partial charge in [-0.25, -0.2) is 4.79 Å². The molecule has 0 N–H and O–H groups in total. The molecule has 0 unspecified atom stereocenters. The fraction of sp³-hybridized carbons (Fsp3) is 0.615. The van der Waals surface area contributed by atoms with E-state index in [2.05, 4.69) is 30.7 Å². The van der Waals surface area contributed by atoms with Crippen molar-refractivity contribution < 1.29 is 14.3 Å². The van der Waals surface area contributed by atoms with E-state index >= 15 is 0 Å². The summed E-state index contributed by atoms with van der Waals surface area (Å²) in [4.78, 5) is 10.9. The van der Waals surface area contributed by atoms with Gasteiger partial charge in [0.15, 0.2) is 0 Å². The minimum absolute atomic E-state index is 0.355. The number of ether oxygens (including phenoxy) is 2. The van der Waals surface area contributed by atoms with Gasteiger partial charge >= 0.3 is 6.16 Å². The highest BCUT2D eigenvalue weighted by atomic mass is 16.7. The normalized spacial score (nSPS) is 10.9. The van der Waals surface area contributed by atoms with Crippen molar-refractivity contribution in [1.29, 1.82) is 0 Å². The Kier molecular flexibility index (Phi) is 8.31. The van der Waals surface area contributed by atoms with Crippen molar-refractivity contribution in [3.63, 3.8) is 0 Å². The van der Waals surface area contributed by atoms with Gasteiger partial charge in [0.1, 0.15) is 0 Å². The maximum absolute atomic E-state index is 10.9. The lowest BCUT2D eigenvalue weighted by Gasteiger charge is -2.04. The number of carbonyl (C=O) groups is 1. The van der Waals surface area contributed by atoms with Gasteiger partial charge in [-0.15, -0.1) is 0 Å². The molecule has 0 saturated carbocycles. The average Bonchev–Trinajstić information content (AvgIpc) is 2.17. The monoisotopic (exact) mass is 226 g/mol. The van der Waals surface area contributed by atoms with Gasteiger partial charge in [0.05, 0.1) is 13.2 Å². The molecule has 0 aliphatic heterocycles. The third-order valence-electron chi connectivity index (χ3n) is 1.97. The molecule has 0 aliphatic carbocycles. The van der Waals surface area contributed by atoms with Gasteiger partial charge in [0, 0.05) is 6.42 Å². The lowest BCUT2D eigenvalue weighted by Crippen LogP contribution is -2.08. The summed E-state index contributed by atoms with van der Waals surface area (Å²) in [6.45, 7) is 8.68. The Morgan fingerprint density at radius 2 is 1.81 bits per heavy atom. The summed E-state index contributed by atoms with van der Waals surface area (Å²) >= 11 is 0. The minimum Gasteiger partial charge on any atom is -0.435 e. The standard InChI is InChI=1S/C13H22O3/c1-5-15-13(14)16-10-9-12(4)8-6-7-11(2)3/h7-8H,5-6,9-10H2,1-4H3/b12-8+. The first-order valence-electron chi connectivity index (χ1n) is 5.64. The van der Waals surface area contributed by atoms with Crippen LogP contribution in [0.2, 0.25) is 0 Å². The highest BCUT2D eigenvalue weighted by molar-refractivity contribution is 5.59. The molecule has 0 radical (unpaired) electrons. The number of rotatable bonds is 6. The number of carbonyl (C=O) groups excluding carboxylic acids is 1. The van der Waals surface area contributed by atoms with E-state index in [0.717, 1.165) is 12.8 Å². The van der Waals surface area contributed by atoms with Crippen LogP contribution in [0.4, 0.5) is 4.79 Å². The van der Waals surface area contributed by atoms with E-state index < -0.39 is 6.16 Å². The summed E-state index contributed by atoms with van der Waals surface area (Å²) in [6.07, 6.45) is 5.42. The molecular weight excluding hydrogens is 204 g/mol. The van der Waals surface area contributed by atoms with Crippen LogP contribution in [0.5, 0.6) is 0 Å². The molecule has 0 bridgehead atoms. The van der Waals surface area contributed by atoms with Crippen molar-refractivity contribution in [1.82, 2.24) is 0 Å². The van der Waals surface area contributed by atoms with Crippen molar-refractivity contribution in [3.8, 4) is 0 Å². The van der Waals surface area contributed by atoms with Crippen LogP contribution < -0.4 is 0 Å². The van der Waals surface area contributed by atoms with Crippen LogP contribution in [0, 0.1) is 0 Å². The van der Waals surface area contributed by atoms with E-state index in [-0.39, 0.29) is 0 Å². The molecule has 3 nitrogen and oxygen atoms in total. The Hall–Kier alpha value is -1.25. The smallest absolute Gasteiger partial charge is 0.435 e. The largest absolute Gasteiger partial charge is 0.508 e. The van der Waals surface area contributed by atoms with Gasteiger partial charge in [-0.3, -0.25) is 0 Å². The minimum atomic E-state index is -0.584. The van der Waals surface area contributed by atoms with E-state index in [4.69, 9.17) is 4.74 Å². The van der Waals surface area contributed by atoms with E-state index in [1.807, 2.05) is 6.92 Å². The third kappa shape index (κ3) is 9.31. The van der Waals surface area contributed by atoms with Crippen molar-refractivity contribution in [3.05, 3.63) is 23.3 Å². The summed E-state index contributed by atoms with van der Waals surface area (Å²) in [7, 11) is 0. The summed E-state index contributed by atoms with van der Waals surface area (Å²) in [5.74, 6) is 0. The second-order valence-corrected chi connectivity index (χ2v) is 3.85. The zero-order valence-electron chi connectivity index (χ0n) is 10.7. The van der Waals surface area contributed by atoms with Gasteiger partial charge in [0.25, 0.3) is 0 Å². The van der Waals surface area contributed by atoms with E-state index in [1.54, 1.807) is 6.92 Å². The zero-order valence-corrected chi connectivity index (χ0v) is 10.7. The van der Waals surface area contributed by atoms with Gasteiger partial charge in [-0.2, -0.15) is 0 Å². The molecule has 0 spiro atoms. The fourth-order valence-electron chi connectivity index (χ4n) is 1.05. The first-order valence-corrected chi connectivity index (χ1v) is 5.64. The average molecular weight is 226 g/mol. The highest BCUT2D eigenvalue weighted by Crippen LogP contribution is 2.04. The Balaban J connectivity index is 3.68. The second kappa shape index (κ2) is 9.01. The molecule has 0 atom stereocenters.